The molecule has 72 valence electrons. The molecule has 0 radical (unpaired) electrons. The topological polar surface area (TPSA) is 17.1 Å². The van der Waals surface area contributed by atoms with Gasteiger partial charge < -0.3 is 0 Å². The van der Waals surface area contributed by atoms with Gasteiger partial charge in [-0.15, -0.1) is 0 Å². The highest BCUT2D eigenvalue weighted by molar-refractivity contribution is 5.81. The quantitative estimate of drug-likeness (QED) is 0.635. The monoisotopic (exact) mass is 170 g/mol. The summed E-state index contributed by atoms with van der Waals surface area (Å²) >= 11 is 0. The smallest absolute Gasteiger partial charge is 0.136 e. The van der Waals surface area contributed by atoms with Crippen molar-refractivity contribution in [3.63, 3.8) is 0 Å². The molecule has 0 aliphatic heterocycles. The molecule has 0 amide bonds. The van der Waals surface area contributed by atoms with E-state index in [1.54, 1.807) is 0 Å². The molecule has 1 atom stereocenters. The lowest BCUT2D eigenvalue weighted by Crippen LogP contribution is -2.32. The van der Waals surface area contributed by atoms with E-state index >= 15 is 0 Å². The fourth-order valence-corrected chi connectivity index (χ4v) is 2.07. The summed E-state index contributed by atoms with van der Waals surface area (Å²) in [5.41, 5.74) is 0.112. The van der Waals surface area contributed by atoms with Crippen LogP contribution < -0.4 is 0 Å². The second-order valence-electron chi connectivity index (χ2n) is 4.91. The highest BCUT2D eigenvalue weighted by Crippen LogP contribution is 2.33. The van der Waals surface area contributed by atoms with Gasteiger partial charge in [-0.3, -0.25) is 4.79 Å². The van der Waals surface area contributed by atoms with Gasteiger partial charge in [0.05, 0.1) is 0 Å². The Hall–Kier alpha value is -0.330. The second-order valence-corrected chi connectivity index (χ2v) is 4.91. The van der Waals surface area contributed by atoms with Crippen molar-refractivity contribution in [2.24, 2.45) is 17.3 Å². The number of carbonyl (C=O) groups is 1. The van der Waals surface area contributed by atoms with Crippen molar-refractivity contribution in [2.45, 2.75) is 48.0 Å². The minimum absolute atomic E-state index is 0.112. The summed E-state index contributed by atoms with van der Waals surface area (Å²) in [7, 11) is 0. The summed E-state index contributed by atoms with van der Waals surface area (Å²) < 4.78 is 0. The maximum absolute atomic E-state index is 11.6. The largest absolute Gasteiger partial charge is 0.299 e. The van der Waals surface area contributed by atoms with Crippen LogP contribution in [0.1, 0.15) is 48.0 Å². The maximum atomic E-state index is 11.6. The van der Waals surface area contributed by atoms with E-state index in [4.69, 9.17) is 0 Å². The van der Waals surface area contributed by atoms with E-state index in [0.29, 0.717) is 18.1 Å². The third-order valence-electron chi connectivity index (χ3n) is 2.30. The molecule has 0 fully saturated rings. The van der Waals surface area contributed by atoms with E-state index in [-0.39, 0.29) is 11.3 Å². The molecule has 0 aromatic rings. The van der Waals surface area contributed by atoms with E-state index in [2.05, 4.69) is 34.6 Å². The SMILES string of the molecule is CCC(=O)C(C(C)C)C(C)(C)C. The van der Waals surface area contributed by atoms with Gasteiger partial charge in [-0.25, -0.2) is 0 Å². The zero-order chi connectivity index (χ0) is 9.94. The Balaban J connectivity index is 4.56. The van der Waals surface area contributed by atoms with Crippen molar-refractivity contribution in [3.8, 4) is 0 Å². The van der Waals surface area contributed by atoms with Crippen LogP contribution in [0.5, 0.6) is 0 Å². The Labute approximate surface area is 76.6 Å². The lowest BCUT2D eigenvalue weighted by Gasteiger charge is -2.32. The molecule has 1 nitrogen and oxygen atoms in total. The van der Waals surface area contributed by atoms with E-state index in [1.165, 1.54) is 0 Å². The molecule has 0 spiro atoms. The first kappa shape index (κ1) is 11.7. The zero-order valence-electron chi connectivity index (χ0n) is 9.27. The van der Waals surface area contributed by atoms with Crippen LogP contribution in [0.2, 0.25) is 0 Å². The number of Topliss-reactive ketones (excluding diaryl/α,β-unsaturated/α-hetero) is 1. The third kappa shape index (κ3) is 2.96. The van der Waals surface area contributed by atoms with Gasteiger partial charge in [0, 0.05) is 12.3 Å². The molecule has 0 aliphatic rings. The summed E-state index contributed by atoms with van der Waals surface area (Å²) in [5.74, 6) is 1.07. The first-order chi connectivity index (χ1) is 5.30. The molecule has 1 unspecified atom stereocenters. The van der Waals surface area contributed by atoms with Crippen LogP contribution in [0.4, 0.5) is 0 Å². The molecule has 0 bridgehead atoms. The van der Waals surface area contributed by atoms with Gasteiger partial charge in [-0.05, 0) is 11.3 Å². The van der Waals surface area contributed by atoms with Crippen LogP contribution in [-0.2, 0) is 4.79 Å². The minimum Gasteiger partial charge on any atom is -0.299 e. The maximum Gasteiger partial charge on any atom is 0.136 e. The molecular formula is C11H22O. The van der Waals surface area contributed by atoms with Gasteiger partial charge in [-0.1, -0.05) is 41.5 Å². The van der Waals surface area contributed by atoms with Crippen molar-refractivity contribution >= 4 is 5.78 Å². The van der Waals surface area contributed by atoms with Crippen molar-refractivity contribution in [1.82, 2.24) is 0 Å². The molecule has 0 saturated carbocycles. The van der Waals surface area contributed by atoms with Crippen LogP contribution in [0.15, 0.2) is 0 Å². The first-order valence-corrected chi connectivity index (χ1v) is 4.83. The number of carbonyl (C=O) groups excluding carboxylic acids is 1. The summed E-state index contributed by atoms with van der Waals surface area (Å²) in [6.45, 7) is 12.6. The molecular weight excluding hydrogens is 148 g/mol. The predicted molar refractivity (Wildman–Crippen MR) is 53.1 cm³/mol. The summed E-state index contributed by atoms with van der Waals surface area (Å²) in [4.78, 5) is 11.6. The lowest BCUT2D eigenvalue weighted by atomic mass is 9.71. The average Bonchev–Trinajstić information content (AvgIpc) is 1.83. The van der Waals surface area contributed by atoms with E-state index in [1.807, 2.05) is 6.92 Å². The van der Waals surface area contributed by atoms with E-state index < -0.39 is 0 Å². The Kier molecular flexibility index (Phi) is 3.95. The Morgan fingerprint density at radius 2 is 1.67 bits per heavy atom. The molecule has 0 saturated heterocycles. The number of rotatable bonds is 3. The van der Waals surface area contributed by atoms with E-state index in [9.17, 15) is 4.79 Å². The Morgan fingerprint density at radius 1 is 1.25 bits per heavy atom. The summed E-state index contributed by atoms with van der Waals surface area (Å²) in [6.07, 6.45) is 0.667. The second kappa shape index (κ2) is 4.06. The average molecular weight is 170 g/mol. The molecule has 0 rings (SSSR count). The number of hydrogen-bond acceptors (Lipinski definition) is 1. The number of hydrogen-bond donors (Lipinski definition) is 0. The normalized spacial score (nSPS) is 14.9. The van der Waals surface area contributed by atoms with Gasteiger partial charge in [0.15, 0.2) is 0 Å². The van der Waals surface area contributed by atoms with Gasteiger partial charge in [0.25, 0.3) is 0 Å². The van der Waals surface area contributed by atoms with Crippen molar-refractivity contribution in [3.05, 3.63) is 0 Å². The fourth-order valence-electron chi connectivity index (χ4n) is 2.07. The van der Waals surface area contributed by atoms with E-state index in [0.717, 1.165) is 0 Å². The first-order valence-electron chi connectivity index (χ1n) is 4.83. The minimum atomic E-state index is 0.112. The van der Waals surface area contributed by atoms with Crippen LogP contribution >= 0.6 is 0 Å². The van der Waals surface area contributed by atoms with Crippen LogP contribution in [0.3, 0.4) is 0 Å². The van der Waals surface area contributed by atoms with Gasteiger partial charge in [0.2, 0.25) is 0 Å². The molecule has 0 heterocycles. The van der Waals surface area contributed by atoms with Crippen molar-refractivity contribution in [1.29, 1.82) is 0 Å². The van der Waals surface area contributed by atoms with Gasteiger partial charge in [-0.2, -0.15) is 0 Å². The van der Waals surface area contributed by atoms with Crippen LogP contribution in [0.25, 0.3) is 0 Å². The molecule has 0 aliphatic carbocycles. The van der Waals surface area contributed by atoms with Crippen molar-refractivity contribution in [2.75, 3.05) is 0 Å². The Bertz CT molecular complexity index is 151. The highest BCUT2D eigenvalue weighted by atomic mass is 16.1. The zero-order valence-corrected chi connectivity index (χ0v) is 9.27. The number of ketones is 1. The molecule has 0 N–H and O–H groups in total. The summed E-state index contributed by atoms with van der Waals surface area (Å²) in [5, 5.41) is 0. The molecule has 1 heteroatoms. The lowest BCUT2D eigenvalue weighted by molar-refractivity contribution is -0.127. The molecule has 0 aromatic heterocycles. The predicted octanol–water partition coefficient (Wildman–Crippen LogP) is 3.28. The van der Waals surface area contributed by atoms with Crippen LogP contribution in [-0.4, -0.2) is 5.78 Å². The third-order valence-corrected chi connectivity index (χ3v) is 2.30. The highest BCUT2D eigenvalue weighted by Gasteiger charge is 2.32. The Morgan fingerprint density at radius 3 is 1.75 bits per heavy atom. The molecule has 12 heavy (non-hydrogen) atoms. The standard InChI is InChI=1S/C11H22O/c1-7-9(12)10(8(2)3)11(4,5)6/h8,10H,7H2,1-6H3. The van der Waals surface area contributed by atoms with Gasteiger partial charge >= 0.3 is 0 Å². The molecule has 0 aromatic carbocycles. The fraction of sp³-hybridized carbons (Fsp3) is 0.909. The van der Waals surface area contributed by atoms with Gasteiger partial charge in [0.1, 0.15) is 5.78 Å². The van der Waals surface area contributed by atoms with Crippen LogP contribution in [0, 0.1) is 17.3 Å². The van der Waals surface area contributed by atoms with Crippen molar-refractivity contribution < 1.29 is 4.79 Å². The summed E-state index contributed by atoms with van der Waals surface area (Å²) in [6, 6.07) is 0.